The monoisotopic (exact) mass is 282 g/mol. The van der Waals surface area contributed by atoms with Gasteiger partial charge >= 0.3 is 0 Å². The van der Waals surface area contributed by atoms with Gasteiger partial charge in [-0.3, -0.25) is 0 Å². The molecule has 0 aliphatic heterocycles. The molecule has 98 valence electrons. The third kappa shape index (κ3) is 2.62. The highest BCUT2D eigenvalue weighted by atomic mass is 35.5. The third-order valence-corrected chi connectivity index (χ3v) is 3.96. The zero-order valence-corrected chi connectivity index (χ0v) is 12.4. The second-order valence-corrected chi connectivity index (χ2v) is 5.57. The molecule has 1 aromatic heterocycles. The van der Waals surface area contributed by atoms with Crippen molar-refractivity contribution in [3.8, 4) is 0 Å². The predicted molar refractivity (Wildman–Crippen MR) is 81.0 cm³/mol. The Balaban J connectivity index is 2.37. The highest BCUT2D eigenvalue weighted by molar-refractivity contribution is 7.71. The Morgan fingerprint density at radius 2 is 2.17 bits per heavy atom. The molecule has 0 aliphatic carbocycles. The zero-order valence-electron chi connectivity index (χ0n) is 10.9. The number of hydrogen-bond donors (Lipinski definition) is 1. The number of nitrogens with one attached hydrogen (secondary N) is 1. The van der Waals surface area contributed by atoms with Crippen LogP contribution in [0.15, 0.2) is 18.2 Å². The summed E-state index contributed by atoms with van der Waals surface area (Å²) in [6, 6.07) is 6.27. The van der Waals surface area contributed by atoms with Gasteiger partial charge < -0.3 is 9.55 Å². The van der Waals surface area contributed by atoms with E-state index in [2.05, 4.69) is 23.4 Å². The second kappa shape index (κ2) is 5.89. The van der Waals surface area contributed by atoms with Crippen molar-refractivity contribution in [2.24, 2.45) is 0 Å². The second-order valence-electron chi connectivity index (χ2n) is 4.78. The smallest absolute Gasteiger partial charge is 0.178 e. The Bertz CT molecular complexity index is 585. The summed E-state index contributed by atoms with van der Waals surface area (Å²) in [6.07, 6.45) is 4.89. The number of rotatable bonds is 5. The van der Waals surface area contributed by atoms with Crippen LogP contribution in [0.1, 0.15) is 45.6 Å². The minimum Gasteiger partial charge on any atom is -0.331 e. The average molecular weight is 283 g/mol. The first-order valence-electron chi connectivity index (χ1n) is 6.54. The normalized spacial score (nSPS) is 13.1. The number of unbranched alkanes of at least 4 members (excludes halogenated alkanes) is 2. The number of para-hydroxylation sites is 1. The van der Waals surface area contributed by atoms with Crippen molar-refractivity contribution in [3.63, 3.8) is 0 Å². The van der Waals surface area contributed by atoms with E-state index in [1.165, 1.54) is 19.3 Å². The number of aromatic amines is 1. The van der Waals surface area contributed by atoms with E-state index in [1.807, 2.05) is 18.2 Å². The largest absolute Gasteiger partial charge is 0.331 e. The summed E-state index contributed by atoms with van der Waals surface area (Å²) >= 11 is 11.7. The van der Waals surface area contributed by atoms with Gasteiger partial charge in [0.2, 0.25) is 0 Å². The van der Waals surface area contributed by atoms with Gasteiger partial charge in [0.05, 0.1) is 16.1 Å². The summed E-state index contributed by atoms with van der Waals surface area (Å²) < 4.78 is 2.92. The number of fused-ring (bicyclic) bond motifs is 1. The van der Waals surface area contributed by atoms with Crippen molar-refractivity contribution in [2.45, 2.75) is 45.6 Å². The fourth-order valence-corrected chi connectivity index (χ4v) is 3.02. The molecule has 1 atom stereocenters. The van der Waals surface area contributed by atoms with E-state index in [4.69, 9.17) is 23.8 Å². The van der Waals surface area contributed by atoms with E-state index in [0.29, 0.717) is 6.04 Å². The van der Waals surface area contributed by atoms with Gasteiger partial charge in [-0.2, -0.15) is 0 Å². The summed E-state index contributed by atoms with van der Waals surface area (Å²) in [5.74, 6) is 0. The van der Waals surface area contributed by atoms with E-state index < -0.39 is 0 Å². The molecule has 18 heavy (non-hydrogen) atoms. The first-order valence-corrected chi connectivity index (χ1v) is 7.32. The molecule has 1 heterocycles. The van der Waals surface area contributed by atoms with Crippen molar-refractivity contribution in [2.75, 3.05) is 0 Å². The quantitative estimate of drug-likeness (QED) is 0.568. The molecule has 0 saturated carbocycles. The molecule has 0 amide bonds. The van der Waals surface area contributed by atoms with Crippen molar-refractivity contribution >= 4 is 34.9 Å². The lowest BCUT2D eigenvalue weighted by Crippen LogP contribution is -2.05. The van der Waals surface area contributed by atoms with Crippen molar-refractivity contribution in [3.05, 3.63) is 28.0 Å². The van der Waals surface area contributed by atoms with Crippen LogP contribution in [0.25, 0.3) is 11.0 Å². The van der Waals surface area contributed by atoms with Crippen LogP contribution in [0.2, 0.25) is 5.02 Å². The van der Waals surface area contributed by atoms with Gasteiger partial charge in [0.15, 0.2) is 4.77 Å². The maximum Gasteiger partial charge on any atom is 0.178 e. The summed E-state index contributed by atoms with van der Waals surface area (Å²) in [6.45, 7) is 4.43. The molecular weight excluding hydrogens is 264 g/mol. The minimum atomic E-state index is 0.387. The van der Waals surface area contributed by atoms with Gasteiger partial charge in [0, 0.05) is 6.04 Å². The van der Waals surface area contributed by atoms with Crippen molar-refractivity contribution in [1.29, 1.82) is 0 Å². The lowest BCUT2D eigenvalue weighted by atomic mass is 10.1. The van der Waals surface area contributed by atoms with Crippen LogP contribution in [0.5, 0.6) is 0 Å². The minimum absolute atomic E-state index is 0.387. The summed E-state index contributed by atoms with van der Waals surface area (Å²) in [5, 5.41) is 0.766. The number of hydrogen-bond acceptors (Lipinski definition) is 1. The molecule has 0 aliphatic rings. The van der Waals surface area contributed by atoms with Crippen LogP contribution < -0.4 is 0 Å². The van der Waals surface area contributed by atoms with Crippen LogP contribution in [0.3, 0.4) is 0 Å². The Labute approximate surface area is 118 Å². The molecule has 0 spiro atoms. The maximum absolute atomic E-state index is 6.29. The van der Waals surface area contributed by atoms with Crippen LogP contribution in [-0.4, -0.2) is 9.55 Å². The Kier molecular flexibility index (Phi) is 4.46. The Morgan fingerprint density at radius 1 is 1.39 bits per heavy atom. The fourth-order valence-electron chi connectivity index (χ4n) is 2.38. The lowest BCUT2D eigenvalue weighted by Gasteiger charge is -2.14. The van der Waals surface area contributed by atoms with Gasteiger partial charge in [0.25, 0.3) is 0 Å². The lowest BCUT2D eigenvalue weighted by molar-refractivity contribution is 0.483. The first-order chi connectivity index (χ1) is 8.65. The summed E-state index contributed by atoms with van der Waals surface area (Å²) in [7, 11) is 0. The molecule has 1 N–H and O–H groups in total. The molecule has 2 aromatic rings. The van der Waals surface area contributed by atoms with Gasteiger partial charge in [-0.25, -0.2) is 0 Å². The van der Waals surface area contributed by atoms with E-state index >= 15 is 0 Å². The number of imidazole rings is 1. The van der Waals surface area contributed by atoms with E-state index in [1.54, 1.807) is 0 Å². The topological polar surface area (TPSA) is 20.7 Å². The molecule has 0 fully saturated rings. The first kappa shape index (κ1) is 13.6. The van der Waals surface area contributed by atoms with Crippen LogP contribution in [0, 0.1) is 4.77 Å². The number of aromatic nitrogens is 2. The Morgan fingerprint density at radius 3 is 2.89 bits per heavy atom. The molecule has 0 saturated heterocycles. The highest BCUT2D eigenvalue weighted by Crippen LogP contribution is 2.28. The Hall–Kier alpha value is -0.800. The number of H-pyrrole nitrogens is 1. The summed E-state index contributed by atoms with van der Waals surface area (Å²) in [4.78, 5) is 3.23. The van der Waals surface area contributed by atoms with E-state index in [-0.39, 0.29) is 0 Å². The highest BCUT2D eigenvalue weighted by Gasteiger charge is 2.13. The maximum atomic E-state index is 6.29. The molecule has 2 rings (SSSR count). The molecular formula is C14H19ClN2S. The molecule has 2 nitrogen and oxygen atoms in total. The molecule has 1 unspecified atom stereocenters. The SMILES string of the molecule is CCCCCC(C)n1c(=S)[nH]c2cccc(Cl)c21. The number of halogens is 1. The van der Waals surface area contributed by atoms with Gasteiger partial charge in [-0.1, -0.05) is 43.9 Å². The van der Waals surface area contributed by atoms with Crippen molar-refractivity contribution < 1.29 is 0 Å². The van der Waals surface area contributed by atoms with Crippen LogP contribution >= 0.6 is 23.8 Å². The third-order valence-electron chi connectivity index (χ3n) is 3.35. The standard InChI is InChI=1S/C14H19ClN2S/c1-3-4-5-7-10(2)17-13-11(15)8-6-9-12(13)16-14(17)18/h6,8-10H,3-5,7H2,1-2H3,(H,16,18). The average Bonchev–Trinajstić information content (AvgIpc) is 2.67. The van der Waals surface area contributed by atoms with Gasteiger partial charge in [-0.05, 0) is 37.7 Å². The van der Waals surface area contributed by atoms with Crippen molar-refractivity contribution in [1.82, 2.24) is 9.55 Å². The molecule has 0 bridgehead atoms. The molecule has 0 radical (unpaired) electrons. The number of benzene rings is 1. The number of nitrogens with zero attached hydrogens (tertiary/aromatic N) is 1. The molecule has 4 heteroatoms. The van der Waals surface area contributed by atoms with Crippen LogP contribution in [0.4, 0.5) is 0 Å². The van der Waals surface area contributed by atoms with E-state index in [0.717, 1.165) is 27.2 Å². The fraction of sp³-hybridized carbons (Fsp3) is 0.500. The predicted octanol–water partition coefficient (Wildman–Crippen LogP) is 5.49. The summed E-state index contributed by atoms with van der Waals surface area (Å²) in [5.41, 5.74) is 2.06. The van der Waals surface area contributed by atoms with Gasteiger partial charge in [-0.15, -0.1) is 0 Å². The zero-order chi connectivity index (χ0) is 13.1. The van der Waals surface area contributed by atoms with E-state index in [9.17, 15) is 0 Å². The molecule has 1 aromatic carbocycles. The van der Waals surface area contributed by atoms with Crippen LogP contribution in [-0.2, 0) is 0 Å². The van der Waals surface area contributed by atoms with Gasteiger partial charge in [0.1, 0.15) is 0 Å².